The van der Waals surface area contributed by atoms with Crippen molar-refractivity contribution in [1.29, 1.82) is 0 Å². The predicted molar refractivity (Wildman–Crippen MR) is 87.2 cm³/mol. The summed E-state index contributed by atoms with van der Waals surface area (Å²) in [6, 6.07) is 12.4. The second kappa shape index (κ2) is 6.33. The van der Waals surface area contributed by atoms with Crippen LogP contribution < -0.4 is 5.32 Å². The van der Waals surface area contributed by atoms with Gasteiger partial charge in [-0.15, -0.1) is 0 Å². The van der Waals surface area contributed by atoms with Crippen molar-refractivity contribution in [2.24, 2.45) is 0 Å². The van der Waals surface area contributed by atoms with E-state index in [4.69, 9.17) is 16.7 Å². The van der Waals surface area contributed by atoms with E-state index in [-0.39, 0.29) is 6.54 Å². The second-order valence-electron chi connectivity index (χ2n) is 5.28. The molecule has 1 atom stereocenters. The first-order valence-electron chi connectivity index (χ1n) is 7.18. The summed E-state index contributed by atoms with van der Waals surface area (Å²) in [5.41, 5.74) is 1.19. The smallest absolute Gasteiger partial charge is 0.404 e. The summed E-state index contributed by atoms with van der Waals surface area (Å²) in [4.78, 5) is 37.2. The maximum absolute atomic E-state index is 12.6. The van der Waals surface area contributed by atoms with E-state index in [1.807, 2.05) is 0 Å². The second-order valence-corrected chi connectivity index (χ2v) is 5.72. The summed E-state index contributed by atoms with van der Waals surface area (Å²) in [5.74, 6) is -0.902. The third-order valence-electron chi connectivity index (χ3n) is 3.82. The molecule has 0 saturated carbocycles. The number of imide groups is 1. The minimum Gasteiger partial charge on any atom is -0.465 e. The van der Waals surface area contributed by atoms with Crippen molar-refractivity contribution >= 4 is 29.5 Å². The van der Waals surface area contributed by atoms with Crippen molar-refractivity contribution in [2.45, 2.75) is 6.04 Å². The molecule has 3 amide bonds. The van der Waals surface area contributed by atoms with Gasteiger partial charge in [0.1, 0.15) is 0 Å². The molecule has 1 aliphatic rings. The molecule has 2 aromatic rings. The van der Waals surface area contributed by atoms with Crippen LogP contribution in [0.15, 0.2) is 48.5 Å². The molecular weight excluding hydrogens is 332 g/mol. The summed E-state index contributed by atoms with van der Waals surface area (Å²) in [5, 5.41) is 11.6. The minimum atomic E-state index is -1.24. The van der Waals surface area contributed by atoms with Gasteiger partial charge in [-0.3, -0.25) is 14.5 Å². The first kappa shape index (κ1) is 16.0. The van der Waals surface area contributed by atoms with E-state index in [2.05, 4.69) is 5.32 Å². The summed E-state index contributed by atoms with van der Waals surface area (Å²) in [7, 11) is 0. The number of carbonyl (C=O) groups excluding carboxylic acids is 2. The number of benzene rings is 2. The lowest BCUT2D eigenvalue weighted by Crippen LogP contribution is -2.40. The average Bonchev–Trinajstić information content (AvgIpc) is 2.81. The summed E-state index contributed by atoms with van der Waals surface area (Å²) in [6.07, 6.45) is -1.24. The molecule has 0 aliphatic carbocycles. The number of amides is 3. The Bertz CT molecular complexity index is 802. The van der Waals surface area contributed by atoms with Crippen LogP contribution in [0.5, 0.6) is 0 Å². The fourth-order valence-corrected chi connectivity index (χ4v) is 2.95. The van der Waals surface area contributed by atoms with Gasteiger partial charge in [0, 0.05) is 11.6 Å². The number of fused-ring (bicyclic) bond motifs is 1. The molecule has 3 rings (SSSR count). The number of carbonyl (C=O) groups is 3. The SMILES string of the molecule is O=C(O)NCC(c1cccc(Cl)c1)N1C(=O)c2ccccc2C1=O. The van der Waals surface area contributed by atoms with Crippen LogP contribution in [0.1, 0.15) is 32.3 Å². The van der Waals surface area contributed by atoms with Crippen LogP contribution in [0.2, 0.25) is 5.02 Å². The molecule has 1 heterocycles. The molecule has 0 spiro atoms. The van der Waals surface area contributed by atoms with E-state index in [9.17, 15) is 14.4 Å². The van der Waals surface area contributed by atoms with Crippen LogP contribution >= 0.6 is 11.6 Å². The predicted octanol–water partition coefficient (Wildman–Crippen LogP) is 2.94. The van der Waals surface area contributed by atoms with Crippen molar-refractivity contribution in [3.8, 4) is 0 Å². The fraction of sp³-hybridized carbons (Fsp3) is 0.118. The Labute approximate surface area is 142 Å². The van der Waals surface area contributed by atoms with Gasteiger partial charge >= 0.3 is 6.09 Å². The van der Waals surface area contributed by atoms with Gasteiger partial charge in [0.05, 0.1) is 17.2 Å². The molecule has 0 bridgehead atoms. The first-order valence-corrected chi connectivity index (χ1v) is 7.56. The summed E-state index contributed by atoms with van der Waals surface area (Å²) in [6.45, 7) is -0.124. The molecule has 2 N–H and O–H groups in total. The minimum absolute atomic E-state index is 0.124. The van der Waals surface area contributed by atoms with E-state index < -0.39 is 23.9 Å². The van der Waals surface area contributed by atoms with Crippen LogP contribution in [0.3, 0.4) is 0 Å². The van der Waals surface area contributed by atoms with E-state index >= 15 is 0 Å². The number of nitrogens with one attached hydrogen (secondary N) is 1. The van der Waals surface area contributed by atoms with Crippen molar-refractivity contribution in [2.75, 3.05) is 6.54 Å². The molecule has 122 valence electrons. The summed E-state index contributed by atoms with van der Waals surface area (Å²) < 4.78 is 0. The highest BCUT2D eigenvalue weighted by atomic mass is 35.5. The number of nitrogens with zero attached hydrogens (tertiary/aromatic N) is 1. The molecule has 2 aromatic carbocycles. The normalized spacial score (nSPS) is 14.5. The van der Waals surface area contributed by atoms with E-state index in [0.29, 0.717) is 21.7 Å². The van der Waals surface area contributed by atoms with Crippen molar-refractivity contribution in [1.82, 2.24) is 10.2 Å². The molecule has 0 radical (unpaired) electrons. The lowest BCUT2D eigenvalue weighted by Gasteiger charge is -2.26. The molecule has 0 fully saturated rings. The van der Waals surface area contributed by atoms with E-state index in [1.54, 1.807) is 48.5 Å². The van der Waals surface area contributed by atoms with Gasteiger partial charge in [-0.2, -0.15) is 0 Å². The Morgan fingerprint density at radius 2 is 1.71 bits per heavy atom. The van der Waals surface area contributed by atoms with Gasteiger partial charge in [0.15, 0.2) is 0 Å². The maximum Gasteiger partial charge on any atom is 0.404 e. The Balaban J connectivity index is 2.02. The maximum atomic E-state index is 12.6. The number of hydrogen-bond acceptors (Lipinski definition) is 3. The summed E-state index contributed by atoms with van der Waals surface area (Å²) >= 11 is 6.00. The van der Waals surface area contributed by atoms with Crippen LogP contribution in [0.4, 0.5) is 4.79 Å². The van der Waals surface area contributed by atoms with Gasteiger partial charge in [0.25, 0.3) is 11.8 Å². The van der Waals surface area contributed by atoms with Crippen LogP contribution in [-0.2, 0) is 0 Å². The highest BCUT2D eigenvalue weighted by Gasteiger charge is 2.40. The third-order valence-corrected chi connectivity index (χ3v) is 4.05. The van der Waals surface area contributed by atoms with Gasteiger partial charge in [-0.05, 0) is 29.8 Å². The lowest BCUT2D eigenvalue weighted by molar-refractivity contribution is 0.0579. The van der Waals surface area contributed by atoms with Crippen molar-refractivity contribution in [3.63, 3.8) is 0 Å². The zero-order chi connectivity index (χ0) is 17.3. The molecule has 0 saturated heterocycles. The Morgan fingerprint density at radius 3 is 2.25 bits per heavy atom. The molecule has 6 nitrogen and oxygen atoms in total. The standard InChI is InChI=1S/C17H13ClN2O4/c18-11-5-3-4-10(8-11)14(9-19-17(23)24)20-15(21)12-6-1-2-7-13(12)16(20)22/h1-8,14,19H,9H2,(H,23,24). The van der Waals surface area contributed by atoms with Gasteiger partial charge < -0.3 is 10.4 Å². The molecule has 24 heavy (non-hydrogen) atoms. The first-order chi connectivity index (χ1) is 11.5. The molecule has 1 aliphatic heterocycles. The van der Waals surface area contributed by atoms with Crippen molar-refractivity contribution in [3.05, 3.63) is 70.2 Å². The fourth-order valence-electron chi connectivity index (χ4n) is 2.75. The van der Waals surface area contributed by atoms with Crippen LogP contribution in [-0.4, -0.2) is 34.5 Å². The highest BCUT2D eigenvalue weighted by Crippen LogP contribution is 2.32. The van der Waals surface area contributed by atoms with Gasteiger partial charge in [-0.25, -0.2) is 4.79 Å². The molecular formula is C17H13ClN2O4. The zero-order valence-corrected chi connectivity index (χ0v) is 13.2. The number of hydrogen-bond donors (Lipinski definition) is 2. The molecule has 7 heteroatoms. The molecule has 0 aromatic heterocycles. The lowest BCUT2D eigenvalue weighted by atomic mass is 10.1. The van der Waals surface area contributed by atoms with Crippen LogP contribution in [0.25, 0.3) is 0 Å². The van der Waals surface area contributed by atoms with Crippen molar-refractivity contribution < 1.29 is 19.5 Å². The Kier molecular flexibility index (Phi) is 4.22. The quantitative estimate of drug-likeness (QED) is 0.835. The van der Waals surface area contributed by atoms with Gasteiger partial charge in [0.2, 0.25) is 0 Å². The average molecular weight is 345 g/mol. The third kappa shape index (κ3) is 2.83. The number of halogens is 1. The van der Waals surface area contributed by atoms with E-state index in [0.717, 1.165) is 4.90 Å². The number of carboxylic acid groups (broad SMARTS) is 1. The Morgan fingerprint density at radius 1 is 1.08 bits per heavy atom. The van der Waals surface area contributed by atoms with Crippen LogP contribution in [0, 0.1) is 0 Å². The largest absolute Gasteiger partial charge is 0.465 e. The molecule has 1 unspecified atom stereocenters. The monoisotopic (exact) mass is 344 g/mol. The highest BCUT2D eigenvalue weighted by molar-refractivity contribution is 6.30. The van der Waals surface area contributed by atoms with E-state index in [1.165, 1.54) is 0 Å². The van der Waals surface area contributed by atoms with Gasteiger partial charge in [-0.1, -0.05) is 35.9 Å². The zero-order valence-electron chi connectivity index (χ0n) is 12.4. The Hall–Kier alpha value is -2.86. The topological polar surface area (TPSA) is 86.7 Å². The number of rotatable bonds is 4.